The maximum absolute atomic E-state index is 13.5. The lowest BCUT2D eigenvalue weighted by Crippen LogP contribution is -2.32. The van der Waals surface area contributed by atoms with Gasteiger partial charge >= 0.3 is 0 Å². The zero-order valence-corrected chi connectivity index (χ0v) is 12.5. The molecule has 0 aliphatic carbocycles. The highest BCUT2D eigenvalue weighted by Gasteiger charge is 2.37. The van der Waals surface area contributed by atoms with E-state index in [4.69, 9.17) is 9.68 Å². The molecule has 1 aromatic heterocycles. The van der Waals surface area contributed by atoms with Crippen LogP contribution in [0.3, 0.4) is 0 Å². The summed E-state index contributed by atoms with van der Waals surface area (Å²) in [7, 11) is 0. The van der Waals surface area contributed by atoms with Crippen molar-refractivity contribution in [2.24, 2.45) is 0 Å². The van der Waals surface area contributed by atoms with Gasteiger partial charge in [0.05, 0.1) is 17.7 Å². The van der Waals surface area contributed by atoms with Crippen molar-refractivity contribution in [2.75, 3.05) is 6.54 Å². The largest absolute Gasteiger partial charge is 0.450 e. The first-order valence-electron chi connectivity index (χ1n) is 7.24. The number of halogens is 1. The number of likely N-dealkylation sites (tertiary alicyclic amines) is 1. The zero-order valence-electron chi connectivity index (χ0n) is 12.5. The first-order chi connectivity index (χ1) is 11.0. The third kappa shape index (κ3) is 2.83. The fourth-order valence-electron chi connectivity index (χ4n) is 2.97. The highest BCUT2D eigenvalue weighted by Crippen LogP contribution is 2.34. The number of benzene rings is 1. The van der Waals surface area contributed by atoms with E-state index in [9.17, 15) is 14.3 Å². The molecule has 0 radical (unpaired) electrons. The number of aryl methyl sites for hydroxylation is 1. The Balaban J connectivity index is 1.94. The summed E-state index contributed by atoms with van der Waals surface area (Å²) in [5.41, 5.74) is 0.925. The number of hydrogen-bond acceptors (Lipinski definition) is 4. The fourth-order valence-corrected chi connectivity index (χ4v) is 2.97. The quantitative estimate of drug-likeness (QED) is 0.924. The van der Waals surface area contributed by atoms with Crippen molar-refractivity contribution in [2.45, 2.75) is 25.5 Å². The normalized spacial score (nSPS) is 20.5. The summed E-state index contributed by atoms with van der Waals surface area (Å²) in [5.74, 6) is -0.306. The minimum absolute atomic E-state index is 0.0629. The molecule has 118 valence electrons. The van der Waals surface area contributed by atoms with Gasteiger partial charge < -0.3 is 14.4 Å². The van der Waals surface area contributed by atoms with Crippen LogP contribution in [-0.2, 0) is 0 Å². The Bertz CT molecular complexity index is 793. The Morgan fingerprint density at radius 2 is 2.26 bits per heavy atom. The minimum atomic E-state index is -0.671. The van der Waals surface area contributed by atoms with Crippen LogP contribution in [0.2, 0.25) is 0 Å². The standard InChI is InChI=1S/C17H15FN2O3/c1-10-15(7-14(8-19)23-10)17(22)20-9-13(21)6-16(20)11-3-2-4-12(18)5-11/h2-5,7,13,16,21H,6,9H2,1H3/t13-,16+/m1/s1. The van der Waals surface area contributed by atoms with Gasteiger partial charge in [0, 0.05) is 12.6 Å². The second kappa shape index (κ2) is 5.86. The van der Waals surface area contributed by atoms with Gasteiger partial charge in [-0.25, -0.2) is 4.39 Å². The molecule has 2 heterocycles. The number of hydrogen-bond donors (Lipinski definition) is 1. The molecule has 1 aliphatic rings. The predicted octanol–water partition coefficient (Wildman–Crippen LogP) is 2.55. The molecular formula is C17H15FN2O3. The number of rotatable bonds is 2. The molecule has 1 saturated heterocycles. The average Bonchev–Trinajstić information content (AvgIpc) is 3.09. The molecule has 1 aromatic carbocycles. The molecule has 1 aliphatic heterocycles. The molecule has 0 saturated carbocycles. The van der Waals surface area contributed by atoms with Gasteiger partial charge in [-0.3, -0.25) is 4.79 Å². The van der Waals surface area contributed by atoms with Crippen molar-refractivity contribution >= 4 is 5.91 Å². The van der Waals surface area contributed by atoms with Gasteiger partial charge in [-0.05, 0) is 31.0 Å². The number of β-amino-alcohol motifs (C(OH)–C–C–N with tert-alkyl or cyclic N) is 1. The van der Waals surface area contributed by atoms with Gasteiger partial charge in [0.25, 0.3) is 5.91 Å². The number of nitriles is 1. The van der Waals surface area contributed by atoms with Crippen LogP contribution < -0.4 is 0 Å². The number of aliphatic hydroxyl groups is 1. The van der Waals surface area contributed by atoms with Crippen molar-refractivity contribution in [3.05, 3.63) is 58.8 Å². The van der Waals surface area contributed by atoms with E-state index in [0.717, 1.165) is 0 Å². The van der Waals surface area contributed by atoms with Gasteiger partial charge in [0.1, 0.15) is 17.6 Å². The monoisotopic (exact) mass is 314 g/mol. The summed E-state index contributed by atoms with van der Waals surface area (Å²) in [6.07, 6.45) is -0.327. The van der Waals surface area contributed by atoms with Crippen LogP contribution >= 0.6 is 0 Å². The molecule has 5 nitrogen and oxygen atoms in total. The van der Waals surface area contributed by atoms with E-state index in [-0.39, 0.29) is 29.6 Å². The van der Waals surface area contributed by atoms with E-state index in [1.54, 1.807) is 19.1 Å². The van der Waals surface area contributed by atoms with Gasteiger partial charge in [0.2, 0.25) is 5.76 Å². The average molecular weight is 314 g/mol. The number of furan rings is 1. The molecule has 3 rings (SSSR count). The van der Waals surface area contributed by atoms with E-state index >= 15 is 0 Å². The second-order valence-corrected chi connectivity index (χ2v) is 5.61. The Labute approximate surface area is 132 Å². The van der Waals surface area contributed by atoms with E-state index in [2.05, 4.69) is 0 Å². The van der Waals surface area contributed by atoms with Crippen molar-refractivity contribution in [1.29, 1.82) is 5.26 Å². The molecule has 6 heteroatoms. The van der Waals surface area contributed by atoms with Crippen molar-refractivity contribution in [1.82, 2.24) is 4.90 Å². The molecule has 2 atom stereocenters. The lowest BCUT2D eigenvalue weighted by molar-refractivity contribution is 0.0714. The van der Waals surface area contributed by atoms with Crippen molar-refractivity contribution in [3.8, 4) is 6.07 Å². The van der Waals surface area contributed by atoms with Crippen LogP contribution in [0.1, 0.15) is 39.9 Å². The second-order valence-electron chi connectivity index (χ2n) is 5.61. The maximum Gasteiger partial charge on any atom is 0.258 e. The van der Waals surface area contributed by atoms with Crippen molar-refractivity contribution < 1.29 is 18.7 Å². The summed E-state index contributed by atoms with van der Waals surface area (Å²) in [6.45, 7) is 1.77. The predicted molar refractivity (Wildman–Crippen MR) is 79.0 cm³/mol. The van der Waals surface area contributed by atoms with Crippen LogP contribution in [0.5, 0.6) is 0 Å². The van der Waals surface area contributed by atoms with Crippen molar-refractivity contribution in [3.63, 3.8) is 0 Å². The molecule has 0 spiro atoms. The number of carbonyl (C=O) groups is 1. The first-order valence-corrected chi connectivity index (χ1v) is 7.24. The fraction of sp³-hybridized carbons (Fsp3) is 0.294. The number of aliphatic hydroxyl groups excluding tert-OH is 1. The maximum atomic E-state index is 13.5. The Kier molecular flexibility index (Phi) is 3.89. The third-order valence-electron chi connectivity index (χ3n) is 4.03. The van der Waals surface area contributed by atoms with Gasteiger partial charge in [-0.1, -0.05) is 12.1 Å². The Morgan fingerprint density at radius 3 is 2.91 bits per heavy atom. The highest BCUT2D eigenvalue weighted by molar-refractivity contribution is 5.96. The molecular weight excluding hydrogens is 299 g/mol. The minimum Gasteiger partial charge on any atom is -0.450 e. The van der Waals surface area contributed by atoms with Gasteiger partial charge in [0.15, 0.2) is 0 Å². The molecule has 1 N–H and O–H groups in total. The number of nitrogens with zero attached hydrogens (tertiary/aromatic N) is 2. The lowest BCUT2D eigenvalue weighted by atomic mass is 10.0. The van der Waals surface area contributed by atoms with Crippen LogP contribution in [0.15, 0.2) is 34.7 Å². The molecule has 0 bridgehead atoms. The molecule has 2 aromatic rings. The smallest absolute Gasteiger partial charge is 0.258 e. The number of amides is 1. The van der Waals surface area contributed by atoms with Crippen LogP contribution in [-0.4, -0.2) is 28.6 Å². The first kappa shape index (κ1) is 15.3. The number of carbonyl (C=O) groups excluding carboxylic acids is 1. The topological polar surface area (TPSA) is 77.5 Å². The molecule has 1 amide bonds. The Morgan fingerprint density at radius 1 is 1.48 bits per heavy atom. The highest BCUT2D eigenvalue weighted by atomic mass is 19.1. The summed E-state index contributed by atoms with van der Waals surface area (Å²) in [5, 5.41) is 18.8. The van der Waals surface area contributed by atoms with E-state index in [1.165, 1.54) is 23.1 Å². The van der Waals surface area contributed by atoms with Crippen LogP contribution in [0.4, 0.5) is 4.39 Å². The molecule has 23 heavy (non-hydrogen) atoms. The zero-order chi connectivity index (χ0) is 16.6. The van der Waals surface area contributed by atoms with E-state index in [1.807, 2.05) is 6.07 Å². The summed E-state index contributed by atoms with van der Waals surface area (Å²) in [6, 6.07) is 8.85. The Hall–Kier alpha value is -2.65. The van der Waals surface area contributed by atoms with Crippen LogP contribution in [0.25, 0.3) is 0 Å². The summed E-state index contributed by atoms with van der Waals surface area (Å²) < 4.78 is 18.7. The molecule has 0 unspecified atom stereocenters. The van der Waals surface area contributed by atoms with Gasteiger partial charge in [-0.15, -0.1) is 0 Å². The molecule has 1 fully saturated rings. The van der Waals surface area contributed by atoms with E-state index < -0.39 is 12.1 Å². The lowest BCUT2D eigenvalue weighted by Gasteiger charge is -2.24. The van der Waals surface area contributed by atoms with E-state index in [0.29, 0.717) is 17.7 Å². The SMILES string of the molecule is Cc1oc(C#N)cc1C(=O)N1C[C@H](O)C[C@H]1c1cccc(F)c1. The summed E-state index contributed by atoms with van der Waals surface area (Å²) in [4.78, 5) is 14.3. The van der Waals surface area contributed by atoms with Gasteiger partial charge in [-0.2, -0.15) is 5.26 Å². The van der Waals surface area contributed by atoms with Crippen LogP contribution in [0, 0.1) is 24.1 Å². The summed E-state index contributed by atoms with van der Waals surface area (Å²) >= 11 is 0. The third-order valence-corrected chi connectivity index (χ3v) is 4.03.